The Labute approximate surface area is 248 Å². The van der Waals surface area contributed by atoms with Crippen molar-refractivity contribution in [3.8, 4) is 11.5 Å². The summed E-state index contributed by atoms with van der Waals surface area (Å²) >= 11 is 2.24. The largest absolute Gasteiger partial charge is 0.491 e. The van der Waals surface area contributed by atoms with E-state index < -0.39 is 34.1 Å². The van der Waals surface area contributed by atoms with Crippen LogP contribution >= 0.6 is 23.1 Å². The summed E-state index contributed by atoms with van der Waals surface area (Å²) in [6, 6.07) is 11.9. The fourth-order valence-electron chi connectivity index (χ4n) is 3.63. The summed E-state index contributed by atoms with van der Waals surface area (Å²) in [6.07, 6.45) is 1.49. The Morgan fingerprint density at radius 3 is 2.74 bits per heavy atom. The first-order valence-electron chi connectivity index (χ1n) is 12.3. The topological polar surface area (TPSA) is 189 Å². The number of nitrogens with two attached hydrogens (primary N) is 1. The number of sulfonamides is 1. The van der Waals surface area contributed by atoms with Crippen LogP contribution in [0.25, 0.3) is 10.2 Å². The number of carboxylic acid groups (broad SMARTS) is 1. The number of benzene rings is 2. The van der Waals surface area contributed by atoms with Gasteiger partial charge in [-0.1, -0.05) is 17.3 Å². The van der Waals surface area contributed by atoms with E-state index in [4.69, 9.17) is 14.6 Å². The molecule has 2 aromatic heterocycles. The third kappa shape index (κ3) is 8.37. The Kier molecular flexibility index (Phi) is 9.97. The maximum absolute atomic E-state index is 12.7. The van der Waals surface area contributed by atoms with E-state index in [0.717, 1.165) is 16.9 Å². The van der Waals surface area contributed by atoms with Gasteiger partial charge in [0.05, 0.1) is 16.4 Å². The molecule has 1 atom stereocenters. The highest BCUT2D eigenvalue weighted by Gasteiger charge is 2.35. The maximum atomic E-state index is 12.7. The van der Waals surface area contributed by atoms with Crippen molar-refractivity contribution >= 4 is 55.2 Å². The predicted molar refractivity (Wildman–Crippen MR) is 154 cm³/mol. The second-order valence-electron chi connectivity index (χ2n) is 9.21. The van der Waals surface area contributed by atoms with E-state index in [-0.39, 0.29) is 29.9 Å². The predicted octanol–water partition coefficient (Wildman–Crippen LogP) is 2.36. The van der Waals surface area contributed by atoms with Crippen molar-refractivity contribution in [1.29, 1.82) is 0 Å². The van der Waals surface area contributed by atoms with Crippen LogP contribution in [0.1, 0.15) is 18.2 Å². The Hall–Kier alpha value is -3.80. The summed E-state index contributed by atoms with van der Waals surface area (Å²) in [4.78, 5) is 28.7. The van der Waals surface area contributed by atoms with Gasteiger partial charge < -0.3 is 19.9 Å². The van der Waals surface area contributed by atoms with Gasteiger partial charge >= 0.3 is 5.97 Å². The average Bonchev–Trinajstić information content (AvgIpc) is 3.57. The summed E-state index contributed by atoms with van der Waals surface area (Å²) < 4.78 is 48.0. The number of nitrogens with zero attached hydrogens (tertiary/aromatic N) is 4. The third-order valence-corrected chi connectivity index (χ3v) is 9.31. The molecule has 0 radical (unpaired) electrons. The van der Waals surface area contributed by atoms with Crippen LogP contribution in [0.2, 0.25) is 0 Å². The molecule has 13 nitrogen and oxygen atoms in total. The molecule has 0 aliphatic rings. The number of rotatable bonds is 15. The lowest BCUT2D eigenvalue weighted by atomic mass is 10.1. The number of aromatic nitrogens is 4. The number of aliphatic carboxylic acids is 1. The van der Waals surface area contributed by atoms with Crippen LogP contribution in [0.15, 0.2) is 53.0 Å². The first-order chi connectivity index (χ1) is 19.9. The highest BCUT2D eigenvalue weighted by atomic mass is 32.2. The van der Waals surface area contributed by atoms with Gasteiger partial charge in [-0.3, -0.25) is 4.79 Å². The zero-order valence-electron chi connectivity index (χ0n) is 22.2. The fraction of sp³-hybridized carbons (Fsp3) is 0.320. The van der Waals surface area contributed by atoms with Gasteiger partial charge in [0.2, 0.25) is 10.2 Å². The molecule has 0 fully saturated rings. The number of carbonyl (C=O) groups is 2. The second kappa shape index (κ2) is 13.5. The minimum atomic E-state index is -3.91. The number of thioether (sulfide) groups is 1. The quantitative estimate of drug-likeness (QED) is 0.173. The molecule has 0 bridgehead atoms. The molecule has 224 valence electrons. The summed E-state index contributed by atoms with van der Waals surface area (Å²) in [7, 11) is -3.91. The minimum Gasteiger partial charge on any atom is -0.491 e. The van der Waals surface area contributed by atoms with E-state index in [0.29, 0.717) is 33.2 Å². The van der Waals surface area contributed by atoms with Crippen molar-refractivity contribution in [1.82, 2.24) is 25.3 Å². The fourth-order valence-corrected chi connectivity index (χ4v) is 6.44. The Bertz CT molecular complexity index is 1680. The molecule has 0 saturated carbocycles. The zero-order chi connectivity index (χ0) is 30.3. The first-order valence-corrected chi connectivity index (χ1v) is 15.8. The van der Waals surface area contributed by atoms with Crippen molar-refractivity contribution in [3.05, 3.63) is 59.9 Å². The number of thiazole rings is 1. The molecule has 17 heteroatoms. The number of carboxylic acids is 1. The van der Waals surface area contributed by atoms with Crippen LogP contribution in [0.3, 0.4) is 0 Å². The zero-order valence-corrected chi connectivity index (χ0v) is 24.7. The molecule has 4 aromatic rings. The molecule has 0 spiro atoms. The molecule has 1 unspecified atom stereocenters. The monoisotopic (exact) mass is 638 g/mol. The molecule has 0 aliphatic heterocycles. The van der Waals surface area contributed by atoms with E-state index in [9.17, 15) is 27.5 Å². The van der Waals surface area contributed by atoms with E-state index in [1.807, 2.05) is 6.07 Å². The SMILES string of the molecule is CC(CSCc1cccc(OCCF)c1)(NC(=O)Cn1cc(COc2ccc3nc(S(N)(=O)=O)sc3c2)nn1)C(=O)O. The number of halogens is 1. The van der Waals surface area contributed by atoms with E-state index >= 15 is 0 Å². The van der Waals surface area contributed by atoms with Crippen molar-refractivity contribution < 1.29 is 37.0 Å². The molecule has 42 heavy (non-hydrogen) atoms. The number of primary sulfonamides is 1. The number of hydrogen-bond acceptors (Lipinski definition) is 11. The third-order valence-electron chi connectivity index (χ3n) is 5.65. The van der Waals surface area contributed by atoms with Crippen LogP contribution < -0.4 is 19.9 Å². The summed E-state index contributed by atoms with van der Waals surface area (Å²) in [5.41, 5.74) is 0.198. The lowest BCUT2D eigenvalue weighted by Gasteiger charge is -2.26. The summed E-state index contributed by atoms with van der Waals surface area (Å²) in [5.74, 6) is -0.249. The summed E-state index contributed by atoms with van der Waals surface area (Å²) in [5, 5.41) is 25.4. The number of carbonyl (C=O) groups excluding carboxylic acids is 1. The van der Waals surface area contributed by atoms with Crippen LogP contribution in [0.4, 0.5) is 4.39 Å². The van der Waals surface area contributed by atoms with Gasteiger partial charge in [0, 0.05) is 11.5 Å². The molecule has 2 heterocycles. The Morgan fingerprint density at radius 1 is 1.21 bits per heavy atom. The molecule has 0 saturated heterocycles. The van der Waals surface area contributed by atoms with Crippen LogP contribution in [0.5, 0.6) is 11.5 Å². The molecular weight excluding hydrogens is 612 g/mol. The van der Waals surface area contributed by atoms with Gasteiger partial charge in [-0.2, -0.15) is 11.8 Å². The van der Waals surface area contributed by atoms with Crippen LogP contribution in [-0.2, 0) is 38.5 Å². The van der Waals surface area contributed by atoms with Gasteiger partial charge in [-0.15, -0.1) is 16.4 Å². The Morgan fingerprint density at radius 2 is 2.00 bits per heavy atom. The van der Waals surface area contributed by atoms with E-state index in [1.54, 1.807) is 36.4 Å². The Balaban J connectivity index is 1.28. The van der Waals surface area contributed by atoms with Crippen molar-refractivity contribution in [3.63, 3.8) is 0 Å². The smallest absolute Gasteiger partial charge is 0.329 e. The van der Waals surface area contributed by atoms with Crippen LogP contribution in [-0.4, -0.2) is 70.0 Å². The lowest BCUT2D eigenvalue weighted by Crippen LogP contribution is -2.55. The van der Waals surface area contributed by atoms with E-state index in [1.165, 1.54) is 29.6 Å². The second-order valence-corrected chi connectivity index (χ2v) is 13.0. The van der Waals surface area contributed by atoms with Crippen LogP contribution in [0, 0.1) is 0 Å². The van der Waals surface area contributed by atoms with Gasteiger partial charge in [-0.25, -0.2) is 32.4 Å². The van der Waals surface area contributed by atoms with Gasteiger partial charge in [-0.05, 0) is 42.8 Å². The number of alkyl halides is 1. The van der Waals surface area contributed by atoms with Gasteiger partial charge in [0.25, 0.3) is 10.0 Å². The summed E-state index contributed by atoms with van der Waals surface area (Å²) in [6.45, 7) is 0.524. The number of hydrogen-bond donors (Lipinski definition) is 3. The molecule has 4 rings (SSSR count). The number of fused-ring (bicyclic) bond motifs is 1. The number of nitrogens with one attached hydrogen (secondary N) is 1. The first kappa shape index (κ1) is 31.1. The minimum absolute atomic E-state index is 0.0114. The lowest BCUT2D eigenvalue weighted by molar-refractivity contribution is -0.145. The van der Waals surface area contributed by atoms with E-state index in [2.05, 4.69) is 20.6 Å². The van der Waals surface area contributed by atoms with Gasteiger partial charge in [0.1, 0.15) is 49.2 Å². The van der Waals surface area contributed by atoms with Crippen molar-refractivity contribution in [2.45, 2.75) is 35.7 Å². The molecule has 4 N–H and O–H groups in total. The normalized spacial score (nSPS) is 13.0. The van der Waals surface area contributed by atoms with Crippen molar-refractivity contribution in [2.24, 2.45) is 5.14 Å². The average molecular weight is 639 g/mol. The number of ether oxygens (including phenoxy) is 2. The molecule has 0 aliphatic carbocycles. The standard InChI is InChI=1S/C25H27FN6O7S3/c1-25(23(34)35,15-40-14-16-3-2-4-18(9-16)38-8-7-26)29-22(33)12-32-11-17(30-31-32)13-39-19-5-6-20-21(10-19)41-24(28-20)42(27,36)37/h2-6,9-11H,7-8,12-15H2,1H3,(H,29,33)(H,34,35)(H2,27,36,37). The number of amides is 1. The maximum Gasteiger partial charge on any atom is 0.329 e. The molecular formula is C25H27FN6O7S3. The molecule has 1 amide bonds. The van der Waals surface area contributed by atoms with Gasteiger partial charge in [0.15, 0.2) is 0 Å². The molecule has 2 aromatic carbocycles. The highest BCUT2D eigenvalue weighted by molar-refractivity contribution is 7.98. The highest BCUT2D eigenvalue weighted by Crippen LogP contribution is 2.28. The van der Waals surface area contributed by atoms with Crippen molar-refractivity contribution in [2.75, 3.05) is 19.0 Å².